The minimum atomic E-state index is -3.84. The first-order valence-corrected chi connectivity index (χ1v) is 16.1. The van der Waals surface area contributed by atoms with Gasteiger partial charge in [-0.15, -0.1) is 0 Å². The van der Waals surface area contributed by atoms with Crippen LogP contribution in [-0.4, -0.2) is 50.0 Å². The molecule has 224 valence electrons. The van der Waals surface area contributed by atoms with Crippen molar-refractivity contribution >= 4 is 27.5 Å². The van der Waals surface area contributed by atoms with E-state index in [0.717, 1.165) is 41.8 Å². The number of sulfonamides is 1. The van der Waals surface area contributed by atoms with Crippen molar-refractivity contribution in [3.05, 3.63) is 102 Å². The van der Waals surface area contributed by atoms with E-state index in [2.05, 4.69) is 5.32 Å². The maximum atomic E-state index is 14.8. The summed E-state index contributed by atoms with van der Waals surface area (Å²) in [7, 11) is -3.84. The maximum absolute atomic E-state index is 14.8. The molecule has 3 aromatic carbocycles. The van der Waals surface area contributed by atoms with Crippen LogP contribution in [0.1, 0.15) is 49.7 Å². The summed E-state index contributed by atoms with van der Waals surface area (Å²) < 4.78 is 55.2. The Morgan fingerprint density at radius 3 is 2.17 bits per heavy atom. The van der Waals surface area contributed by atoms with Crippen LogP contribution in [0, 0.1) is 11.6 Å². The Bertz CT molecular complexity index is 1460. The molecule has 1 aliphatic rings. The molecule has 0 aromatic heterocycles. The van der Waals surface area contributed by atoms with E-state index in [4.69, 9.17) is 0 Å². The van der Waals surface area contributed by atoms with E-state index in [1.165, 1.54) is 35.2 Å². The normalized spacial score (nSPS) is 14.4. The summed E-state index contributed by atoms with van der Waals surface area (Å²) in [6, 6.07) is 20.1. The molecule has 1 saturated carbocycles. The highest BCUT2D eigenvalue weighted by molar-refractivity contribution is 7.92. The molecule has 7 nitrogen and oxygen atoms in total. The van der Waals surface area contributed by atoms with Gasteiger partial charge in [-0.3, -0.25) is 13.9 Å². The number of benzene rings is 3. The summed E-state index contributed by atoms with van der Waals surface area (Å²) in [5, 5.41) is 3.10. The molecule has 3 aromatic rings. The molecule has 0 aliphatic heterocycles. The molecule has 0 saturated heterocycles. The molecule has 10 heteroatoms. The zero-order chi connectivity index (χ0) is 30.1. The van der Waals surface area contributed by atoms with Gasteiger partial charge in [0.15, 0.2) is 0 Å². The summed E-state index contributed by atoms with van der Waals surface area (Å²) in [6.07, 6.45) is 4.91. The first-order chi connectivity index (χ1) is 20.1. The number of hydrogen-bond acceptors (Lipinski definition) is 4. The molecule has 4 rings (SSSR count). The molecule has 0 bridgehead atoms. The summed E-state index contributed by atoms with van der Waals surface area (Å²) in [4.78, 5) is 29.0. The number of para-hydroxylation sites is 1. The number of carbonyl (C=O) groups excluding carboxylic acids is 2. The number of hydrogen-bond donors (Lipinski definition) is 1. The van der Waals surface area contributed by atoms with Crippen LogP contribution in [0.3, 0.4) is 0 Å². The number of carbonyl (C=O) groups is 2. The number of halogens is 2. The van der Waals surface area contributed by atoms with Crippen LogP contribution in [0.2, 0.25) is 0 Å². The van der Waals surface area contributed by atoms with E-state index in [0.29, 0.717) is 0 Å². The number of amides is 2. The van der Waals surface area contributed by atoms with E-state index >= 15 is 0 Å². The van der Waals surface area contributed by atoms with Crippen molar-refractivity contribution in [1.82, 2.24) is 10.2 Å². The van der Waals surface area contributed by atoms with Crippen molar-refractivity contribution in [2.24, 2.45) is 0 Å². The SMILES string of the molecule is CS(=O)(=O)N(CCCC(=O)N(Cc1ccccc1F)[C@H](Cc1ccccc1)C(=O)NC1CCCC1)c1ccccc1F. The van der Waals surface area contributed by atoms with E-state index < -0.39 is 33.6 Å². The molecule has 1 atom stereocenters. The second-order valence-electron chi connectivity index (χ2n) is 10.7. The number of nitrogens with one attached hydrogen (secondary N) is 1. The van der Waals surface area contributed by atoms with Gasteiger partial charge in [-0.1, -0.05) is 73.5 Å². The quantitative estimate of drug-likeness (QED) is 0.293. The second kappa shape index (κ2) is 14.4. The van der Waals surface area contributed by atoms with Crippen LogP contribution < -0.4 is 9.62 Å². The largest absolute Gasteiger partial charge is 0.352 e. The predicted octanol–water partition coefficient (Wildman–Crippen LogP) is 5.21. The molecule has 42 heavy (non-hydrogen) atoms. The number of anilines is 1. The topological polar surface area (TPSA) is 86.8 Å². The third-order valence-electron chi connectivity index (χ3n) is 7.54. The van der Waals surface area contributed by atoms with Gasteiger partial charge in [-0.25, -0.2) is 17.2 Å². The summed E-state index contributed by atoms with van der Waals surface area (Å²) >= 11 is 0. The smallest absolute Gasteiger partial charge is 0.243 e. The molecular formula is C32H37F2N3O4S. The van der Waals surface area contributed by atoms with Crippen LogP contribution in [0.4, 0.5) is 14.5 Å². The molecule has 2 amide bonds. The first kappa shape index (κ1) is 31.2. The fourth-order valence-corrected chi connectivity index (χ4v) is 6.33. The standard InChI is InChI=1S/C32H37F2N3O4S/c1-42(40,41)37(29-19-10-9-18-28(29)34)21-11-20-31(38)36(23-25-14-5-8-17-27(25)33)30(22-24-12-3-2-4-13-24)32(39)35-26-15-6-7-16-26/h2-5,8-10,12-14,17-19,26,30H,6-7,11,15-16,20-23H2,1H3,(H,35,39)/t30-/m1/s1. The average Bonchev–Trinajstić information content (AvgIpc) is 3.47. The van der Waals surface area contributed by atoms with Gasteiger partial charge in [0, 0.05) is 37.5 Å². The number of rotatable bonds is 13. The Morgan fingerprint density at radius 2 is 1.52 bits per heavy atom. The van der Waals surface area contributed by atoms with Crippen molar-refractivity contribution in [2.75, 3.05) is 17.1 Å². The van der Waals surface area contributed by atoms with Crippen LogP contribution in [-0.2, 0) is 32.6 Å². The van der Waals surface area contributed by atoms with E-state index in [-0.39, 0.29) is 55.6 Å². The fourth-order valence-electron chi connectivity index (χ4n) is 5.37. The van der Waals surface area contributed by atoms with Gasteiger partial charge in [-0.05, 0) is 43.0 Å². The minimum Gasteiger partial charge on any atom is -0.352 e. The minimum absolute atomic E-state index is 0.0188. The summed E-state index contributed by atoms with van der Waals surface area (Å²) in [6.45, 7) is -0.277. The van der Waals surface area contributed by atoms with E-state index in [1.54, 1.807) is 18.2 Å². The lowest BCUT2D eigenvalue weighted by Gasteiger charge is -2.33. The Labute approximate surface area is 246 Å². The van der Waals surface area contributed by atoms with Crippen LogP contribution in [0.5, 0.6) is 0 Å². The fraction of sp³-hybridized carbons (Fsp3) is 0.375. The molecule has 1 aliphatic carbocycles. The van der Waals surface area contributed by atoms with Gasteiger partial charge < -0.3 is 10.2 Å². The third-order valence-corrected chi connectivity index (χ3v) is 8.72. The summed E-state index contributed by atoms with van der Waals surface area (Å²) in [5.41, 5.74) is 1.01. The second-order valence-corrected chi connectivity index (χ2v) is 12.6. The average molecular weight is 598 g/mol. The first-order valence-electron chi connectivity index (χ1n) is 14.2. The highest BCUT2D eigenvalue weighted by Crippen LogP contribution is 2.24. The molecule has 1 N–H and O–H groups in total. The van der Waals surface area contributed by atoms with Gasteiger partial charge in [0.2, 0.25) is 21.8 Å². The van der Waals surface area contributed by atoms with E-state index in [1.807, 2.05) is 30.3 Å². The van der Waals surface area contributed by atoms with E-state index in [9.17, 15) is 26.8 Å². The van der Waals surface area contributed by atoms with Crippen molar-refractivity contribution in [3.63, 3.8) is 0 Å². The Balaban J connectivity index is 1.60. The Morgan fingerprint density at radius 1 is 0.905 bits per heavy atom. The van der Waals surface area contributed by atoms with Crippen LogP contribution >= 0.6 is 0 Å². The van der Waals surface area contributed by atoms with Gasteiger partial charge in [-0.2, -0.15) is 0 Å². The molecular weight excluding hydrogens is 560 g/mol. The van der Waals surface area contributed by atoms with Gasteiger partial charge >= 0.3 is 0 Å². The Hall–Kier alpha value is -3.79. The zero-order valence-corrected chi connectivity index (χ0v) is 24.5. The molecule has 0 unspecified atom stereocenters. The Kier molecular flexibility index (Phi) is 10.7. The predicted molar refractivity (Wildman–Crippen MR) is 159 cm³/mol. The van der Waals surface area contributed by atoms with Gasteiger partial charge in [0.1, 0.15) is 17.7 Å². The maximum Gasteiger partial charge on any atom is 0.243 e. The van der Waals surface area contributed by atoms with Crippen LogP contribution in [0.15, 0.2) is 78.9 Å². The molecule has 0 spiro atoms. The highest BCUT2D eigenvalue weighted by Gasteiger charge is 2.32. The monoisotopic (exact) mass is 597 g/mol. The van der Waals surface area contributed by atoms with Crippen molar-refractivity contribution in [1.29, 1.82) is 0 Å². The third kappa shape index (κ3) is 8.38. The number of nitrogens with zero attached hydrogens (tertiary/aromatic N) is 2. The van der Waals surface area contributed by atoms with Crippen molar-refractivity contribution < 1.29 is 26.8 Å². The van der Waals surface area contributed by atoms with Crippen LogP contribution in [0.25, 0.3) is 0 Å². The molecule has 1 fully saturated rings. The molecule has 0 radical (unpaired) electrons. The highest BCUT2D eigenvalue weighted by atomic mass is 32.2. The van der Waals surface area contributed by atoms with Crippen molar-refractivity contribution in [3.8, 4) is 0 Å². The lowest BCUT2D eigenvalue weighted by Crippen LogP contribution is -2.52. The van der Waals surface area contributed by atoms with Gasteiger partial charge in [0.25, 0.3) is 0 Å². The lowest BCUT2D eigenvalue weighted by atomic mass is 10.0. The zero-order valence-electron chi connectivity index (χ0n) is 23.7. The van der Waals surface area contributed by atoms with Crippen molar-refractivity contribution in [2.45, 2.75) is 63.6 Å². The molecule has 0 heterocycles. The summed E-state index contributed by atoms with van der Waals surface area (Å²) in [5.74, 6) is -1.92. The van der Waals surface area contributed by atoms with Gasteiger partial charge in [0.05, 0.1) is 11.9 Å². The lowest BCUT2D eigenvalue weighted by molar-refractivity contribution is -0.141.